The largest absolute Gasteiger partial charge is 0.456 e. The van der Waals surface area contributed by atoms with E-state index in [1.807, 2.05) is 24.3 Å². The standard InChI is InChI=1S/C23H29BrN2O3/c1-13(24)19-11-22-17(19)7-9-26(22)14(2)23(29-15(3)28)18-6-8-25-21-5-4-16(12-27)10-20(18)21/h4-6,8,10,13-14,17,19,22-23,27H,7,9,11-12H2,1-3H3/t13-,14+,17-,19+,22?,23-/m0/s1. The summed E-state index contributed by atoms with van der Waals surface area (Å²) in [6.45, 7) is 6.90. The van der Waals surface area contributed by atoms with Crippen LogP contribution in [0.3, 0.4) is 0 Å². The number of aromatic nitrogens is 1. The van der Waals surface area contributed by atoms with E-state index in [1.54, 1.807) is 6.20 Å². The maximum atomic E-state index is 12.0. The van der Waals surface area contributed by atoms with Gasteiger partial charge in [-0.1, -0.05) is 28.9 Å². The van der Waals surface area contributed by atoms with Crippen LogP contribution in [0, 0.1) is 11.8 Å². The van der Waals surface area contributed by atoms with Gasteiger partial charge >= 0.3 is 5.97 Å². The monoisotopic (exact) mass is 460 g/mol. The summed E-state index contributed by atoms with van der Waals surface area (Å²) in [5.41, 5.74) is 2.64. The van der Waals surface area contributed by atoms with E-state index >= 15 is 0 Å². The molecular weight excluding hydrogens is 432 g/mol. The Morgan fingerprint density at radius 2 is 2.17 bits per heavy atom. The fourth-order valence-electron chi connectivity index (χ4n) is 5.34. The van der Waals surface area contributed by atoms with Gasteiger partial charge in [0, 0.05) is 41.0 Å². The van der Waals surface area contributed by atoms with Crippen molar-refractivity contribution in [1.82, 2.24) is 9.88 Å². The third-order valence-corrected chi connectivity index (χ3v) is 7.56. The number of aliphatic hydroxyl groups excluding tert-OH is 1. The molecule has 2 fully saturated rings. The minimum atomic E-state index is -0.369. The first kappa shape index (κ1) is 20.8. The molecule has 4 rings (SSSR count). The molecule has 5 nitrogen and oxygen atoms in total. The molecule has 1 N–H and O–H groups in total. The fourth-order valence-corrected chi connectivity index (χ4v) is 5.95. The van der Waals surface area contributed by atoms with Crippen LogP contribution in [0.25, 0.3) is 10.9 Å². The van der Waals surface area contributed by atoms with Gasteiger partial charge in [0.2, 0.25) is 0 Å². The van der Waals surface area contributed by atoms with Crippen LogP contribution in [0.15, 0.2) is 30.5 Å². The summed E-state index contributed by atoms with van der Waals surface area (Å²) >= 11 is 3.77. The molecule has 2 aromatic rings. The molecule has 1 aromatic heterocycles. The zero-order chi connectivity index (χ0) is 20.7. The molecular formula is C23H29BrN2O3. The molecule has 1 aromatic carbocycles. The van der Waals surface area contributed by atoms with Crippen molar-refractivity contribution in [2.24, 2.45) is 11.8 Å². The van der Waals surface area contributed by atoms with Gasteiger partial charge in [-0.2, -0.15) is 0 Å². The number of fused-ring (bicyclic) bond motifs is 2. The molecule has 0 bridgehead atoms. The summed E-state index contributed by atoms with van der Waals surface area (Å²) in [5.74, 6) is 1.18. The van der Waals surface area contributed by atoms with E-state index in [0.29, 0.717) is 10.9 Å². The highest BCUT2D eigenvalue weighted by Gasteiger charge is 2.51. The van der Waals surface area contributed by atoms with Gasteiger partial charge in [0.25, 0.3) is 0 Å². The number of ether oxygens (including phenoxy) is 1. The highest BCUT2D eigenvalue weighted by Crippen LogP contribution is 2.50. The van der Waals surface area contributed by atoms with Gasteiger partial charge in [-0.3, -0.25) is 14.7 Å². The van der Waals surface area contributed by atoms with E-state index in [1.165, 1.54) is 19.8 Å². The van der Waals surface area contributed by atoms with Crippen molar-refractivity contribution < 1.29 is 14.6 Å². The first-order valence-electron chi connectivity index (χ1n) is 10.5. The second-order valence-corrected chi connectivity index (χ2v) is 9.96. The lowest BCUT2D eigenvalue weighted by Gasteiger charge is -2.48. The van der Waals surface area contributed by atoms with Crippen LogP contribution < -0.4 is 0 Å². The van der Waals surface area contributed by atoms with Gasteiger partial charge in [-0.05, 0) is 61.9 Å². The number of esters is 1. The molecule has 1 unspecified atom stereocenters. The minimum Gasteiger partial charge on any atom is -0.456 e. The van der Waals surface area contributed by atoms with Gasteiger partial charge in [0.1, 0.15) is 6.10 Å². The van der Waals surface area contributed by atoms with E-state index in [-0.39, 0.29) is 24.7 Å². The third-order valence-electron chi connectivity index (χ3n) is 6.88. The molecule has 6 atom stereocenters. The number of nitrogens with zero attached hydrogens (tertiary/aromatic N) is 2. The minimum absolute atomic E-state index is 0.0277. The number of alkyl halides is 1. The summed E-state index contributed by atoms with van der Waals surface area (Å²) in [7, 11) is 0. The van der Waals surface area contributed by atoms with Gasteiger partial charge in [0.05, 0.1) is 12.1 Å². The molecule has 1 saturated carbocycles. The lowest BCUT2D eigenvalue weighted by molar-refractivity contribution is -0.151. The van der Waals surface area contributed by atoms with Gasteiger partial charge < -0.3 is 9.84 Å². The predicted octanol–water partition coefficient (Wildman–Crippen LogP) is 4.21. The Balaban J connectivity index is 1.67. The van der Waals surface area contributed by atoms with E-state index in [9.17, 15) is 9.90 Å². The van der Waals surface area contributed by atoms with Crippen LogP contribution in [0.5, 0.6) is 0 Å². The van der Waals surface area contributed by atoms with Crippen LogP contribution in [0.4, 0.5) is 0 Å². The number of hydrogen-bond donors (Lipinski definition) is 1. The first-order valence-corrected chi connectivity index (χ1v) is 11.4. The van der Waals surface area contributed by atoms with Crippen LogP contribution in [-0.2, 0) is 16.1 Å². The van der Waals surface area contributed by atoms with Crippen molar-refractivity contribution in [1.29, 1.82) is 0 Å². The topological polar surface area (TPSA) is 62.7 Å². The van der Waals surface area contributed by atoms with Crippen molar-refractivity contribution in [3.63, 3.8) is 0 Å². The SMILES string of the molecule is CC(=O)O[C@H](c1ccnc2ccc(CO)cc12)[C@@H](C)N1CC[C@@H]2C1C[C@@H]2[C@H](C)Br. The molecule has 0 amide bonds. The van der Waals surface area contributed by atoms with Crippen LogP contribution in [0.1, 0.15) is 50.8 Å². The smallest absolute Gasteiger partial charge is 0.303 e. The highest BCUT2D eigenvalue weighted by atomic mass is 79.9. The van der Waals surface area contributed by atoms with Crippen molar-refractivity contribution in [3.8, 4) is 0 Å². The summed E-state index contributed by atoms with van der Waals surface area (Å²) < 4.78 is 5.89. The average molecular weight is 461 g/mol. The molecule has 6 heteroatoms. The van der Waals surface area contributed by atoms with E-state index in [4.69, 9.17) is 4.74 Å². The van der Waals surface area contributed by atoms with Crippen molar-refractivity contribution in [2.75, 3.05) is 6.54 Å². The lowest BCUT2D eigenvalue weighted by atomic mass is 9.68. The van der Waals surface area contributed by atoms with Gasteiger partial charge in [-0.25, -0.2) is 0 Å². The second kappa shape index (κ2) is 8.32. The molecule has 0 spiro atoms. The van der Waals surface area contributed by atoms with Gasteiger partial charge in [0.15, 0.2) is 0 Å². The summed E-state index contributed by atoms with van der Waals surface area (Å²) in [6.07, 6.45) is 3.80. The highest BCUT2D eigenvalue weighted by molar-refractivity contribution is 9.09. The number of hydrogen-bond acceptors (Lipinski definition) is 5. The Bertz CT molecular complexity index is 903. The zero-order valence-electron chi connectivity index (χ0n) is 17.2. The van der Waals surface area contributed by atoms with Crippen LogP contribution >= 0.6 is 15.9 Å². The van der Waals surface area contributed by atoms with E-state index in [0.717, 1.165) is 40.4 Å². The van der Waals surface area contributed by atoms with Crippen molar-refractivity contribution in [2.45, 2.75) is 63.2 Å². The maximum Gasteiger partial charge on any atom is 0.303 e. The number of rotatable bonds is 6. The summed E-state index contributed by atoms with van der Waals surface area (Å²) in [5, 5.41) is 10.5. The molecule has 2 aliphatic rings. The molecule has 1 aliphatic carbocycles. The summed E-state index contributed by atoms with van der Waals surface area (Å²) in [4.78, 5) is 19.5. The Labute approximate surface area is 180 Å². The molecule has 156 valence electrons. The second-order valence-electron chi connectivity index (χ2n) is 8.52. The maximum absolute atomic E-state index is 12.0. The predicted molar refractivity (Wildman–Crippen MR) is 117 cm³/mol. The molecule has 1 aliphatic heterocycles. The van der Waals surface area contributed by atoms with Crippen LogP contribution in [-0.4, -0.2) is 44.4 Å². The molecule has 1 saturated heterocycles. The van der Waals surface area contributed by atoms with E-state index in [2.05, 4.69) is 39.7 Å². The van der Waals surface area contributed by atoms with E-state index < -0.39 is 0 Å². The normalized spacial score (nSPS) is 27.1. The molecule has 29 heavy (non-hydrogen) atoms. The lowest BCUT2D eigenvalue weighted by Crippen LogP contribution is -2.52. The average Bonchev–Trinajstić information content (AvgIpc) is 3.00. The number of carbonyl (C=O) groups excluding carboxylic acids is 1. The first-order chi connectivity index (χ1) is 13.9. The summed E-state index contributed by atoms with van der Waals surface area (Å²) in [6, 6.07) is 8.34. The number of carbonyl (C=O) groups is 1. The Kier molecular flexibility index (Phi) is 5.96. The third kappa shape index (κ3) is 3.82. The fraction of sp³-hybridized carbons (Fsp3) is 0.565. The number of benzene rings is 1. The Morgan fingerprint density at radius 3 is 2.86 bits per heavy atom. The van der Waals surface area contributed by atoms with Crippen molar-refractivity contribution >= 4 is 32.8 Å². The van der Waals surface area contributed by atoms with Crippen molar-refractivity contribution in [3.05, 3.63) is 41.6 Å². The van der Waals surface area contributed by atoms with Crippen LogP contribution in [0.2, 0.25) is 0 Å². The number of likely N-dealkylation sites (tertiary alicyclic amines) is 1. The molecule has 0 radical (unpaired) electrons. The number of pyridine rings is 1. The number of aliphatic hydroxyl groups is 1. The Morgan fingerprint density at radius 1 is 1.38 bits per heavy atom. The molecule has 2 heterocycles. The quantitative estimate of drug-likeness (QED) is 0.516. The van der Waals surface area contributed by atoms with Gasteiger partial charge in [-0.15, -0.1) is 0 Å². The number of halogens is 1. The zero-order valence-corrected chi connectivity index (χ0v) is 18.8. The Hall–Kier alpha value is -1.50.